The van der Waals surface area contributed by atoms with Gasteiger partial charge in [-0.15, -0.1) is 0 Å². The van der Waals surface area contributed by atoms with Crippen molar-refractivity contribution in [2.45, 2.75) is 20.8 Å². The lowest BCUT2D eigenvalue weighted by atomic mass is 10.1. The molecular weight excluding hydrogens is 445 g/mol. The van der Waals surface area contributed by atoms with Crippen molar-refractivity contribution in [2.24, 2.45) is 0 Å². The first-order chi connectivity index (χ1) is 11.9. The topological polar surface area (TPSA) is 44.4 Å². The van der Waals surface area contributed by atoms with Gasteiger partial charge in [0.1, 0.15) is 0 Å². The number of aryl methyl sites for hydroxylation is 1. The number of rotatable bonds is 5. The Bertz CT molecular complexity index is 758. The largest absolute Gasteiger partial charge is 0.372 e. The van der Waals surface area contributed by atoms with Gasteiger partial charge in [-0.25, -0.2) is 0 Å². The predicted molar refractivity (Wildman–Crippen MR) is 118 cm³/mol. The monoisotopic (exact) mass is 467 g/mol. The maximum atomic E-state index is 12.2. The Morgan fingerprint density at radius 2 is 1.76 bits per heavy atom. The van der Waals surface area contributed by atoms with Crippen LogP contribution in [0, 0.1) is 10.5 Å². The zero-order valence-electron chi connectivity index (χ0n) is 14.6. The number of hydrogen-bond acceptors (Lipinski definition) is 3. The summed E-state index contributed by atoms with van der Waals surface area (Å²) < 4.78 is 1.08. The van der Waals surface area contributed by atoms with Crippen molar-refractivity contribution >= 4 is 57.2 Å². The van der Waals surface area contributed by atoms with Crippen molar-refractivity contribution < 1.29 is 4.79 Å². The minimum Gasteiger partial charge on any atom is -0.372 e. The van der Waals surface area contributed by atoms with Crippen molar-refractivity contribution in [3.05, 3.63) is 57.2 Å². The minimum atomic E-state index is -0.216. The van der Waals surface area contributed by atoms with E-state index in [0.717, 1.165) is 27.9 Å². The highest BCUT2D eigenvalue weighted by atomic mass is 127. The Kier molecular flexibility index (Phi) is 7.19. The lowest BCUT2D eigenvalue weighted by Crippen LogP contribution is -2.34. The highest BCUT2D eigenvalue weighted by molar-refractivity contribution is 14.1. The second kappa shape index (κ2) is 9.15. The SMILES string of the molecule is CCN(CC)c1ccc(NC(=S)NC(=O)c2ccc(I)cc2)c(C)c1. The Morgan fingerprint density at radius 1 is 1.12 bits per heavy atom. The van der Waals surface area contributed by atoms with Crippen LogP contribution in [-0.2, 0) is 0 Å². The van der Waals surface area contributed by atoms with Crippen LogP contribution < -0.4 is 15.5 Å². The summed E-state index contributed by atoms with van der Waals surface area (Å²) in [5.41, 5.74) is 3.74. The maximum absolute atomic E-state index is 12.2. The van der Waals surface area contributed by atoms with Crippen molar-refractivity contribution in [1.82, 2.24) is 5.32 Å². The zero-order valence-corrected chi connectivity index (χ0v) is 17.6. The summed E-state index contributed by atoms with van der Waals surface area (Å²) in [5.74, 6) is -0.216. The molecule has 2 rings (SSSR count). The normalized spacial score (nSPS) is 10.2. The minimum absolute atomic E-state index is 0.216. The van der Waals surface area contributed by atoms with E-state index < -0.39 is 0 Å². The first kappa shape index (κ1) is 19.7. The van der Waals surface area contributed by atoms with Crippen LogP contribution in [-0.4, -0.2) is 24.1 Å². The van der Waals surface area contributed by atoms with Gasteiger partial charge < -0.3 is 10.2 Å². The smallest absolute Gasteiger partial charge is 0.257 e. The second-order valence-corrected chi connectivity index (χ2v) is 7.24. The summed E-state index contributed by atoms with van der Waals surface area (Å²) in [5, 5.41) is 6.12. The average molecular weight is 467 g/mol. The lowest BCUT2D eigenvalue weighted by molar-refractivity contribution is 0.0977. The molecule has 2 N–H and O–H groups in total. The Morgan fingerprint density at radius 3 is 2.32 bits per heavy atom. The Labute approximate surface area is 168 Å². The molecule has 4 nitrogen and oxygen atoms in total. The van der Waals surface area contributed by atoms with Gasteiger partial charge in [0.25, 0.3) is 5.91 Å². The molecule has 6 heteroatoms. The van der Waals surface area contributed by atoms with Gasteiger partial charge in [-0.3, -0.25) is 10.1 Å². The fraction of sp³-hybridized carbons (Fsp3) is 0.263. The van der Waals surface area contributed by atoms with Crippen molar-refractivity contribution in [3.8, 4) is 0 Å². The summed E-state index contributed by atoms with van der Waals surface area (Å²) in [6.45, 7) is 8.24. The molecule has 0 radical (unpaired) electrons. The van der Waals surface area contributed by atoms with Crippen LogP contribution in [0.5, 0.6) is 0 Å². The Hall–Kier alpha value is -1.67. The van der Waals surface area contributed by atoms with Crippen LogP contribution in [0.25, 0.3) is 0 Å². The van der Waals surface area contributed by atoms with Crippen LogP contribution in [0.15, 0.2) is 42.5 Å². The van der Waals surface area contributed by atoms with Crippen molar-refractivity contribution in [1.29, 1.82) is 0 Å². The van der Waals surface area contributed by atoms with Crippen LogP contribution >= 0.6 is 34.8 Å². The van der Waals surface area contributed by atoms with Gasteiger partial charge in [-0.05, 0) is 104 Å². The third kappa shape index (κ3) is 5.40. The molecule has 1 amide bonds. The van der Waals surface area contributed by atoms with Gasteiger partial charge in [0.2, 0.25) is 0 Å². The molecule has 132 valence electrons. The van der Waals surface area contributed by atoms with Crippen LogP contribution in [0.1, 0.15) is 29.8 Å². The summed E-state index contributed by atoms with van der Waals surface area (Å²) >= 11 is 7.48. The highest BCUT2D eigenvalue weighted by Crippen LogP contribution is 2.22. The summed E-state index contributed by atoms with van der Waals surface area (Å²) in [4.78, 5) is 14.5. The summed E-state index contributed by atoms with van der Waals surface area (Å²) in [6, 6.07) is 13.5. The molecule has 0 fully saturated rings. The molecule has 0 saturated carbocycles. The molecule has 0 aliphatic carbocycles. The molecule has 0 aromatic heterocycles. The molecule has 0 aliphatic rings. The second-order valence-electron chi connectivity index (χ2n) is 5.59. The standard InChI is InChI=1S/C19H22IN3OS/c1-4-23(5-2)16-10-11-17(13(3)12-16)21-19(25)22-18(24)14-6-8-15(20)9-7-14/h6-12H,4-5H2,1-3H3,(H2,21,22,24,25). The number of nitrogens with zero attached hydrogens (tertiary/aromatic N) is 1. The van der Waals surface area contributed by atoms with Crippen LogP contribution in [0.4, 0.5) is 11.4 Å². The number of amides is 1. The quantitative estimate of drug-likeness (QED) is 0.500. The van der Waals surface area contributed by atoms with Gasteiger partial charge in [-0.2, -0.15) is 0 Å². The van der Waals surface area contributed by atoms with E-state index >= 15 is 0 Å². The molecule has 0 spiro atoms. The molecule has 0 unspecified atom stereocenters. The van der Waals surface area contributed by atoms with E-state index in [2.05, 4.69) is 64.1 Å². The first-order valence-electron chi connectivity index (χ1n) is 8.18. The fourth-order valence-corrected chi connectivity index (χ4v) is 3.07. The van der Waals surface area contributed by atoms with Crippen LogP contribution in [0.2, 0.25) is 0 Å². The highest BCUT2D eigenvalue weighted by Gasteiger charge is 2.10. The molecule has 0 atom stereocenters. The van der Waals surface area contributed by atoms with E-state index in [4.69, 9.17) is 12.2 Å². The van der Waals surface area contributed by atoms with E-state index in [9.17, 15) is 4.79 Å². The molecule has 2 aromatic rings. The number of carbonyl (C=O) groups excluding carboxylic acids is 1. The van der Waals surface area contributed by atoms with E-state index in [1.807, 2.05) is 25.1 Å². The molecule has 0 heterocycles. The van der Waals surface area contributed by atoms with Gasteiger partial charge in [0, 0.05) is 33.6 Å². The molecule has 2 aromatic carbocycles. The molecule has 25 heavy (non-hydrogen) atoms. The molecule has 0 aliphatic heterocycles. The van der Waals surface area contributed by atoms with Crippen LogP contribution in [0.3, 0.4) is 0 Å². The van der Waals surface area contributed by atoms with E-state index in [1.165, 1.54) is 5.69 Å². The molecular formula is C19H22IN3OS. The number of hydrogen-bond donors (Lipinski definition) is 2. The summed E-state index contributed by atoms with van der Waals surface area (Å²) in [7, 11) is 0. The predicted octanol–water partition coefficient (Wildman–Crippen LogP) is 4.57. The maximum Gasteiger partial charge on any atom is 0.257 e. The zero-order chi connectivity index (χ0) is 18.4. The van der Waals surface area contributed by atoms with E-state index in [1.54, 1.807) is 12.1 Å². The number of carbonyl (C=O) groups is 1. The van der Waals surface area contributed by atoms with Gasteiger partial charge in [0.05, 0.1) is 0 Å². The molecule has 0 saturated heterocycles. The van der Waals surface area contributed by atoms with Crippen molar-refractivity contribution in [3.63, 3.8) is 0 Å². The van der Waals surface area contributed by atoms with E-state index in [-0.39, 0.29) is 5.91 Å². The van der Waals surface area contributed by atoms with Gasteiger partial charge in [-0.1, -0.05) is 0 Å². The van der Waals surface area contributed by atoms with Gasteiger partial charge in [0.15, 0.2) is 5.11 Å². The third-order valence-corrected chi connectivity index (χ3v) is 4.84. The molecule has 0 bridgehead atoms. The number of anilines is 2. The Balaban J connectivity index is 2.02. The van der Waals surface area contributed by atoms with E-state index in [0.29, 0.717) is 10.7 Å². The number of nitrogens with one attached hydrogen (secondary N) is 2. The number of benzene rings is 2. The summed E-state index contributed by atoms with van der Waals surface area (Å²) in [6.07, 6.45) is 0. The first-order valence-corrected chi connectivity index (χ1v) is 9.66. The number of thiocarbonyl (C=S) groups is 1. The lowest BCUT2D eigenvalue weighted by Gasteiger charge is -2.22. The number of halogens is 1. The third-order valence-electron chi connectivity index (χ3n) is 3.92. The van der Waals surface area contributed by atoms with Crippen molar-refractivity contribution in [2.75, 3.05) is 23.3 Å². The average Bonchev–Trinajstić information content (AvgIpc) is 2.58. The fourth-order valence-electron chi connectivity index (χ4n) is 2.50. The van der Waals surface area contributed by atoms with Gasteiger partial charge >= 0.3 is 0 Å².